The largest absolute Gasteiger partial charge is 0.369 e. The Hall–Kier alpha value is -2.94. The highest BCUT2D eigenvalue weighted by Gasteiger charge is 2.29. The quantitative estimate of drug-likeness (QED) is 0.501. The summed E-state index contributed by atoms with van der Waals surface area (Å²) in [6.07, 6.45) is 7.98. The molecule has 0 spiro atoms. The first-order valence-electron chi connectivity index (χ1n) is 11.0. The number of nitrogens with one attached hydrogen (secondary N) is 2. The number of fused-ring (bicyclic) bond motifs is 1. The number of para-hydroxylation sites is 1. The fraction of sp³-hybridized carbons (Fsp3) is 0.455. The van der Waals surface area contributed by atoms with Crippen LogP contribution in [0, 0.1) is 11.7 Å². The number of amides is 1. The van der Waals surface area contributed by atoms with Crippen molar-refractivity contribution < 1.29 is 9.18 Å². The molecule has 4 N–H and O–H groups in total. The summed E-state index contributed by atoms with van der Waals surface area (Å²) in [5.41, 5.74) is 6.95. The van der Waals surface area contributed by atoms with Gasteiger partial charge >= 0.3 is 0 Å². The van der Waals surface area contributed by atoms with Crippen LogP contribution in [0.1, 0.15) is 51.0 Å². The van der Waals surface area contributed by atoms with Crippen LogP contribution in [-0.2, 0) is 4.79 Å². The lowest BCUT2D eigenvalue weighted by Crippen LogP contribution is -2.29. The van der Waals surface area contributed by atoms with Crippen LogP contribution in [0.2, 0.25) is 5.02 Å². The predicted molar refractivity (Wildman–Crippen MR) is 121 cm³/mol. The van der Waals surface area contributed by atoms with E-state index in [0.29, 0.717) is 41.9 Å². The molecular formula is C22H25ClFN7O. The van der Waals surface area contributed by atoms with E-state index < -0.39 is 5.82 Å². The van der Waals surface area contributed by atoms with Gasteiger partial charge in [-0.2, -0.15) is 4.98 Å². The maximum atomic E-state index is 14.5. The molecule has 32 heavy (non-hydrogen) atoms. The first kappa shape index (κ1) is 20.9. The number of anilines is 3. The van der Waals surface area contributed by atoms with E-state index in [2.05, 4.69) is 20.6 Å². The number of hydrogen-bond donors (Lipinski definition) is 3. The van der Waals surface area contributed by atoms with Crippen molar-refractivity contribution in [1.29, 1.82) is 0 Å². The van der Waals surface area contributed by atoms with Crippen LogP contribution in [0.25, 0.3) is 11.2 Å². The number of carbonyl (C=O) groups excluding carboxylic acids is 1. The third kappa shape index (κ3) is 3.97. The van der Waals surface area contributed by atoms with Crippen molar-refractivity contribution in [3.63, 3.8) is 0 Å². The number of benzene rings is 1. The standard InChI is InChI=1S/C22H25ClFN7O/c23-15-5-2-6-16(24)18(15)29-22-28-17-11-26-21(27-13-3-1-4-13)30-20(17)31(22)14-9-7-12(8-10-14)19(25)32/h2,5-6,11-14H,1,3-4,7-10H2,(H2,25,32)(H,28,29)(H,26,27,30)/t12-,14-. The Bertz CT molecular complexity index is 1130. The van der Waals surface area contributed by atoms with Crippen molar-refractivity contribution >= 4 is 46.3 Å². The van der Waals surface area contributed by atoms with E-state index >= 15 is 0 Å². The van der Waals surface area contributed by atoms with E-state index in [-0.39, 0.29) is 28.6 Å². The fourth-order valence-electron chi connectivity index (χ4n) is 4.48. The number of imidazole rings is 1. The zero-order valence-corrected chi connectivity index (χ0v) is 18.3. The summed E-state index contributed by atoms with van der Waals surface area (Å²) in [6, 6.07) is 4.96. The van der Waals surface area contributed by atoms with Crippen molar-refractivity contribution in [2.75, 3.05) is 10.6 Å². The number of rotatable bonds is 6. The molecule has 1 amide bonds. The number of nitrogens with zero attached hydrogens (tertiary/aromatic N) is 4. The van der Waals surface area contributed by atoms with Crippen molar-refractivity contribution in [2.45, 2.75) is 57.0 Å². The van der Waals surface area contributed by atoms with Gasteiger partial charge in [0.1, 0.15) is 11.3 Å². The van der Waals surface area contributed by atoms with Crippen LogP contribution in [0.5, 0.6) is 0 Å². The zero-order valence-electron chi connectivity index (χ0n) is 17.5. The molecule has 0 unspecified atom stereocenters. The molecule has 5 rings (SSSR count). The van der Waals surface area contributed by atoms with Gasteiger partial charge in [0.25, 0.3) is 0 Å². The molecule has 0 saturated heterocycles. The average molecular weight is 458 g/mol. The highest BCUT2D eigenvalue weighted by Crippen LogP contribution is 2.38. The summed E-state index contributed by atoms with van der Waals surface area (Å²) in [5.74, 6) is 0.162. The van der Waals surface area contributed by atoms with Gasteiger partial charge in [-0.25, -0.2) is 14.4 Å². The second-order valence-corrected chi connectivity index (χ2v) is 9.02. The Morgan fingerprint density at radius 2 is 1.94 bits per heavy atom. The number of primary amides is 1. The topological polar surface area (TPSA) is 111 Å². The Morgan fingerprint density at radius 1 is 1.16 bits per heavy atom. The molecule has 2 fully saturated rings. The second kappa shape index (κ2) is 8.54. The Labute approximate surface area is 189 Å². The van der Waals surface area contributed by atoms with Crippen LogP contribution in [0.4, 0.5) is 22.0 Å². The first-order chi connectivity index (χ1) is 15.5. The normalized spacial score (nSPS) is 21.3. The number of aromatic nitrogens is 4. The van der Waals surface area contributed by atoms with E-state index in [1.807, 2.05) is 4.57 Å². The molecule has 10 heteroatoms. The molecule has 168 valence electrons. The minimum Gasteiger partial charge on any atom is -0.369 e. The van der Waals surface area contributed by atoms with Crippen molar-refractivity contribution in [2.24, 2.45) is 11.7 Å². The predicted octanol–water partition coefficient (Wildman–Crippen LogP) is 4.54. The maximum Gasteiger partial charge on any atom is 0.224 e. The number of carbonyl (C=O) groups is 1. The van der Waals surface area contributed by atoms with Gasteiger partial charge in [-0.15, -0.1) is 0 Å². The highest BCUT2D eigenvalue weighted by molar-refractivity contribution is 6.33. The van der Waals surface area contributed by atoms with Crippen molar-refractivity contribution in [1.82, 2.24) is 19.5 Å². The minimum atomic E-state index is -0.466. The summed E-state index contributed by atoms with van der Waals surface area (Å²) in [6.45, 7) is 0. The summed E-state index contributed by atoms with van der Waals surface area (Å²) in [5, 5.41) is 6.71. The van der Waals surface area contributed by atoms with E-state index in [1.54, 1.807) is 18.3 Å². The third-order valence-electron chi connectivity index (χ3n) is 6.53. The lowest BCUT2D eigenvalue weighted by atomic mass is 9.85. The molecule has 8 nitrogen and oxygen atoms in total. The van der Waals surface area contributed by atoms with Crippen LogP contribution in [0.3, 0.4) is 0 Å². The van der Waals surface area contributed by atoms with Crippen molar-refractivity contribution in [3.05, 3.63) is 35.2 Å². The van der Waals surface area contributed by atoms with E-state index in [9.17, 15) is 9.18 Å². The SMILES string of the molecule is NC(=O)[C@H]1CC[C@H](n2c(Nc3c(F)cccc3Cl)nc3cnc(NC4CCC4)nc32)CC1. The van der Waals surface area contributed by atoms with E-state index in [0.717, 1.165) is 25.7 Å². The molecule has 0 radical (unpaired) electrons. The fourth-order valence-corrected chi connectivity index (χ4v) is 4.69. The highest BCUT2D eigenvalue weighted by atomic mass is 35.5. The Balaban J connectivity index is 1.54. The van der Waals surface area contributed by atoms with Crippen LogP contribution in [-0.4, -0.2) is 31.5 Å². The van der Waals surface area contributed by atoms with Gasteiger partial charge in [-0.05, 0) is 57.1 Å². The van der Waals surface area contributed by atoms with E-state index in [1.165, 1.54) is 12.5 Å². The monoisotopic (exact) mass is 457 g/mol. The molecule has 2 saturated carbocycles. The molecule has 0 aliphatic heterocycles. The molecule has 2 aliphatic carbocycles. The van der Waals surface area contributed by atoms with Crippen LogP contribution in [0.15, 0.2) is 24.4 Å². The zero-order chi connectivity index (χ0) is 22.2. The van der Waals surface area contributed by atoms with E-state index in [4.69, 9.17) is 22.3 Å². The summed E-state index contributed by atoms with van der Waals surface area (Å²) >= 11 is 6.25. The molecule has 0 atom stereocenters. The van der Waals surface area contributed by atoms with Gasteiger partial charge in [0.2, 0.25) is 17.8 Å². The van der Waals surface area contributed by atoms with Crippen LogP contribution >= 0.6 is 11.6 Å². The average Bonchev–Trinajstić information content (AvgIpc) is 3.11. The number of nitrogens with two attached hydrogens (primary N) is 1. The lowest BCUT2D eigenvalue weighted by molar-refractivity contribution is -0.122. The first-order valence-corrected chi connectivity index (χ1v) is 11.4. The van der Waals surface area contributed by atoms with Gasteiger partial charge in [0.15, 0.2) is 5.65 Å². The molecule has 2 heterocycles. The van der Waals surface area contributed by atoms with Gasteiger partial charge in [-0.3, -0.25) is 9.36 Å². The third-order valence-corrected chi connectivity index (χ3v) is 6.85. The summed E-state index contributed by atoms with van der Waals surface area (Å²) in [4.78, 5) is 25.5. The summed E-state index contributed by atoms with van der Waals surface area (Å²) < 4.78 is 16.5. The van der Waals surface area contributed by atoms with Gasteiger partial charge in [0, 0.05) is 18.0 Å². The Morgan fingerprint density at radius 3 is 2.59 bits per heavy atom. The van der Waals surface area contributed by atoms with Gasteiger partial charge < -0.3 is 16.4 Å². The van der Waals surface area contributed by atoms with Gasteiger partial charge in [-0.1, -0.05) is 17.7 Å². The maximum absolute atomic E-state index is 14.5. The molecule has 3 aromatic rings. The molecule has 2 aromatic heterocycles. The number of hydrogen-bond acceptors (Lipinski definition) is 6. The minimum absolute atomic E-state index is 0.0371. The lowest BCUT2D eigenvalue weighted by Gasteiger charge is -2.29. The van der Waals surface area contributed by atoms with Crippen LogP contribution < -0.4 is 16.4 Å². The van der Waals surface area contributed by atoms with Crippen molar-refractivity contribution in [3.8, 4) is 0 Å². The van der Waals surface area contributed by atoms with Gasteiger partial charge in [0.05, 0.1) is 16.9 Å². The smallest absolute Gasteiger partial charge is 0.224 e. The Kier molecular flexibility index (Phi) is 5.58. The summed E-state index contributed by atoms with van der Waals surface area (Å²) in [7, 11) is 0. The molecular weight excluding hydrogens is 433 g/mol. The second-order valence-electron chi connectivity index (χ2n) is 8.61. The number of halogens is 2. The molecule has 1 aromatic carbocycles. The molecule has 2 aliphatic rings. The molecule has 0 bridgehead atoms.